The van der Waals surface area contributed by atoms with Gasteiger partial charge in [-0.2, -0.15) is 10.1 Å². The maximum Gasteiger partial charge on any atom is 0.273 e. The number of aromatic nitrogens is 4. The zero-order valence-electron chi connectivity index (χ0n) is 7.75. The molecule has 0 aromatic carbocycles. The summed E-state index contributed by atoms with van der Waals surface area (Å²) in [4.78, 5) is 7.11. The molecular formula is C7H6FN5O2S. The van der Waals surface area contributed by atoms with E-state index in [9.17, 15) is 12.8 Å². The van der Waals surface area contributed by atoms with Crippen molar-refractivity contribution in [1.29, 1.82) is 0 Å². The predicted octanol–water partition coefficient (Wildman–Crippen LogP) is -0.347. The molecule has 0 unspecified atom stereocenters. The number of nitrogens with one attached hydrogen (secondary N) is 1. The van der Waals surface area contributed by atoms with Crippen LogP contribution in [0.25, 0.3) is 11.4 Å². The topological polar surface area (TPSA) is 115 Å². The van der Waals surface area contributed by atoms with Crippen molar-refractivity contribution >= 4 is 10.0 Å². The smallest absolute Gasteiger partial charge is 0.262 e. The fourth-order valence-corrected chi connectivity index (χ4v) is 1.44. The van der Waals surface area contributed by atoms with Crippen LogP contribution in [0.15, 0.2) is 23.6 Å². The van der Waals surface area contributed by atoms with Gasteiger partial charge in [0.1, 0.15) is 0 Å². The Bertz CT molecular complexity index is 623. The number of halogens is 1. The van der Waals surface area contributed by atoms with Crippen LogP contribution < -0.4 is 5.14 Å². The molecular weight excluding hydrogens is 237 g/mol. The van der Waals surface area contributed by atoms with E-state index in [0.29, 0.717) is 0 Å². The molecule has 0 radical (unpaired) electrons. The maximum absolute atomic E-state index is 13.2. The highest BCUT2D eigenvalue weighted by atomic mass is 32.2. The van der Waals surface area contributed by atoms with E-state index in [1.807, 2.05) is 0 Å². The van der Waals surface area contributed by atoms with Crippen molar-refractivity contribution in [2.24, 2.45) is 5.14 Å². The number of nitrogens with zero attached hydrogens (tertiary/aromatic N) is 3. The van der Waals surface area contributed by atoms with Gasteiger partial charge in [0.25, 0.3) is 15.2 Å². The SMILES string of the molecule is NS(=O)(=O)c1nc(-c2ccncc2F)n[nH]1. The number of hydrogen-bond donors (Lipinski definition) is 2. The van der Waals surface area contributed by atoms with E-state index in [-0.39, 0.29) is 11.4 Å². The summed E-state index contributed by atoms with van der Waals surface area (Å²) >= 11 is 0. The highest BCUT2D eigenvalue weighted by molar-refractivity contribution is 7.89. The van der Waals surface area contributed by atoms with Crippen molar-refractivity contribution in [3.05, 3.63) is 24.3 Å². The van der Waals surface area contributed by atoms with Gasteiger partial charge in [0.2, 0.25) is 0 Å². The van der Waals surface area contributed by atoms with E-state index in [1.54, 1.807) is 0 Å². The summed E-state index contributed by atoms with van der Waals surface area (Å²) in [6.45, 7) is 0. The lowest BCUT2D eigenvalue weighted by Gasteiger charge is -1.94. The Labute approximate surface area is 89.6 Å². The second-order valence-electron chi connectivity index (χ2n) is 2.86. The number of H-pyrrole nitrogens is 1. The fourth-order valence-electron chi connectivity index (χ4n) is 1.05. The molecule has 0 spiro atoms. The van der Waals surface area contributed by atoms with Gasteiger partial charge in [-0.25, -0.2) is 23.0 Å². The van der Waals surface area contributed by atoms with Crippen LogP contribution in [0.3, 0.4) is 0 Å². The van der Waals surface area contributed by atoms with E-state index in [0.717, 1.165) is 6.20 Å². The summed E-state index contributed by atoms with van der Waals surface area (Å²) in [5.74, 6) is -0.744. The first-order chi connectivity index (χ1) is 7.48. The van der Waals surface area contributed by atoms with Crippen LogP contribution in [0.4, 0.5) is 4.39 Å². The van der Waals surface area contributed by atoms with E-state index in [4.69, 9.17) is 5.14 Å². The van der Waals surface area contributed by atoms with Gasteiger partial charge in [-0.15, -0.1) is 0 Å². The molecule has 0 saturated heterocycles. The third-order valence-corrected chi connectivity index (χ3v) is 2.47. The van der Waals surface area contributed by atoms with Crippen LogP contribution in [0.5, 0.6) is 0 Å². The number of rotatable bonds is 2. The molecule has 0 bridgehead atoms. The number of sulfonamides is 1. The molecule has 9 heteroatoms. The van der Waals surface area contributed by atoms with E-state index < -0.39 is 21.0 Å². The quantitative estimate of drug-likeness (QED) is 0.748. The molecule has 0 atom stereocenters. The Hall–Kier alpha value is -1.87. The Morgan fingerprint density at radius 3 is 2.75 bits per heavy atom. The van der Waals surface area contributed by atoms with Crippen molar-refractivity contribution in [2.75, 3.05) is 0 Å². The zero-order valence-corrected chi connectivity index (χ0v) is 8.57. The third-order valence-electron chi connectivity index (χ3n) is 1.75. The maximum atomic E-state index is 13.2. The highest BCUT2D eigenvalue weighted by Gasteiger charge is 2.16. The first-order valence-corrected chi connectivity index (χ1v) is 5.58. The molecule has 2 aromatic rings. The molecule has 0 aliphatic rings. The molecule has 7 nitrogen and oxygen atoms in total. The Balaban J connectivity index is 2.52. The van der Waals surface area contributed by atoms with Gasteiger partial charge in [0, 0.05) is 6.20 Å². The largest absolute Gasteiger partial charge is 0.273 e. The Morgan fingerprint density at radius 2 is 2.19 bits per heavy atom. The number of pyridine rings is 1. The number of nitrogens with two attached hydrogens (primary N) is 1. The van der Waals surface area contributed by atoms with Gasteiger partial charge in [-0.3, -0.25) is 4.98 Å². The number of hydrogen-bond acceptors (Lipinski definition) is 5. The Morgan fingerprint density at radius 1 is 1.44 bits per heavy atom. The summed E-state index contributed by atoms with van der Waals surface area (Å²) < 4.78 is 35.0. The van der Waals surface area contributed by atoms with Gasteiger partial charge in [-0.05, 0) is 6.07 Å². The van der Waals surface area contributed by atoms with Gasteiger partial charge in [0.15, 0.2) is 11.6 Å². The summed E-state index contributed by atoms with van der Waals surface area (Å²) in [6.07, 6.45) is 2.31. The average molecular weight is 243 g/mol. The first kappa shape index (κ1) is 10.6. The number of aromatic amines is 1. The number of primary sulfonamides is 1. The van der Waals surface area contributed by atoms with Crippen molar-refractivity contribution in [3.8, 4) is 11.4 Å². The molecule has 0 aliphatic carbocycles. The van der Waals surface area contributed by atoms with Crippen molar-refractivity contribution in [3.63, 3.8) is 0 Å². The van der Waals surface area contributed by atoms with Crippen LogP contribution in [-0.4, -0.2) is 28.6 Å². The molecule has 84 valence electrons. The van der Waals surface area contributed by atoms with Crippen LogP contribution in [0.1, 0.15) is 0 Å². The molecule has 2 rings (SSSR count). The summed E-state index contributed by atoms with van der Waals surface area (Å²) in [6, 6.07) is 1.32. The normalized spacial score (nSPS) is 11.6. The monoisotopic (exact) mass is 243 g/mol. The predicted molar refractivity (Wildman–Crippen MR) is 50.9 cm³/mol. The average Bonchev–Trinajstić information content (AvgIpc) is 2.66. The van der Waals surface area contributed by atoms with Crippen molar-refractivity contribution in [2.45, 2.75) is 5.16 Å². The summed E-state index contributed by atoms with van der Waals surface area (Å²) in [7, 11) is -3.97. The zero-order chi connectivity index (χ0) is 11.8. The van der Waals surface area contributed by atoms with Crippen molar-refractivity contribution in [1.82, 2.24) is 20.2 Å². The van der Waals surface area contributed by atoms with E-state index in [1.165, 1.54) is 12.3 Å². The van der Waals surface area contributed by atoms with Crippen LogP contribution in [-0.2, 0) is 10.0 Å². The summed E-state index contributed by atoms with van der Waals surface area (Å²) in [5, 5.41) is 9.96. The standard InChI is InChI=1S/C7H6FN5O2S/c8-5-3-10-2-1-4(5)6-11-7(13-12-6)16(9,14)15/h1-3H,(H2,9,14,15)(H,11,12,13). The molecule has 0 amide bonds. The molecule has 16 heavy (non-hydrogen) atoms. The minimum absolute atomic E-state index is 0.0427. The van der Waals surface area contributed by atoms with Crippen LogP contribution in [0, 0.1) is 5.82 Å². The Kier molecular flexibility index (Phi) is 2.40. The van der Waals surface area contributed by atoms with E-state index in [2.05, 4.69) is 20.2 Å². The molecule has 3 N–H and O–H groups in total. The van der Waals surface area contributed by atoms with Gasteiger partial charge >= 0.3 is 0 Å². The lowest BCUT2D eigenvalue weighted by Crippen LogP contribution is -2.13. The van der Waals surface area contributed by atoms with Crippen LogP contribution in [0.2, 0.25) is 0 Å². The molecule has 0 saturated carbocycles. The highest BCUT2D eigenvalue weighted by Crippen LogP contribution is 2.17. The molecule has 0 fully saturated rings. The molecule has 2 aromatic heterocycles. The van der Waals surface area contributed by atoms with Crippen LogP contribution >= 0.6 is 0 Å². The molecule has 0 aliphatic heterocycles. The lowest BCUT2D eigenvalue weighted by atomic mass is 10.2. The van der Waals surface area contributed by atoms with Gasteiger partial charge in [-0.1, -0.05) is 0 Å². The minimum atomic E-state index is -3.97. The minimum Gasteiger partial charge on any atom is -0.262 e. The second-order valence-corrected chi connectivity index (χ2v) is 4.34. The first-order valence-electron chi connectivity index (χ1n) is 4.03. The van der Waals surface area contributed by atoms with Gasteiger partial charge < -0.3 is 0 Å². The fraction of sp³-hybridized carbons (Fsp3) is 0. The third kappa shape index (κ3) is 1.90. The lowest BCUT2D eigenvalue weighted by molar-refractivity contribution is 0.589. The van der Waals surface area contributed by atoms with Crippen molar-refractivity contribution < 1.29 is 12.8 Å². The second kappa shape index (κ2) is 3.61. The summed E-state index contributed by atoms with van der Waals surface area (Å²) in [5.41, 5.74) is 0.0427. The molecule has 2 heterocycles. The van der Waals surface area contributed by atoms with Gasteiger partial charge in [0.05, 0.1) is 11.8 Å². The van der Waals surface area contributed by atoms with E-state index >= 15 is 0 Å².